The van der Waals surface area contributed by atoms with E-state index in [1.165, 1.54) is 0 Å². The van der Waals surface area contributed by atoms with Crippen LogP contribution in [0.5, 0.6) is 0 Å². The lowest BCUT2D eigenvalue weighted by molar-refractivity contribution is -0.136. The normalized spacial score (nSPS) is 18.7. The second kappa shape index (κ2) is 10.9. The average Bonchev–Trinajstić information content (AvgIpc) is 3.30. The predicted octanol–water partition coefficient (Wildman–Crippen LogP) is 3.52. The Hall–Kier alpha value is -2.75. The molecular formula is C24H34N4O5. The van der Waals surface area contributed by atoms with E-state index in [9.17, 15) is 9.90 Å². The Balaban J connectivity index is 1.95. The van der Waals surface area contributed by atoms with Crippen LogP contribution in [0, 0.1) is 0 Å². The lowest BCUT2D eigenvalue weighted by Gasteiger charge is -2.18. The Labute approximate surface area is 194 Å². The van der Waals surface area contributed by atoms with Gasteiger partial charge in [0.25, 0.3) is 0 Å². The summed E-state index contributed by atoms with van der Waals surface area (Å²) < 4.78 is 18.6. The van der Waals surface area contributed by atoms with Gasteiger partial charge in [-0.1, -0.05) is 13.0 Å². The smallest absolute Gasteiger partial charge is 0.338 e. The van der Waals surface area contributed by atoms with Gasteiger partial charge in [0.05, 0.1) is 48.7 Å². The fraction of sp³-hybridized carbons (Fsp3) is 0.542. The predicted molar refractivity (Wildman–Crippen MR) is 128 cm³/mol. The van der Waals surface area contributed by atoms with Gasteiger partial charge in [0.15, 0.2) is 5.79 Å². The molecule has 0 saturated carbocycles. The molecule has 0 amide bonds. The molecule has 3 rings (SSSR count). The van der Waals surface area contributed by atoms with Gasteiger partial charge in [0.1, 0.15) is 6.10 Å². The number of anilines is 1. The number of imidazole rings is 1. The number of carbonyl (C=O) groups excluding carboxylic acids is 1. The molecule has 1 aliphatic rings. The molecule has 2 heterocycles. The number of nitrogens with zero attached hydrogens (tertiary/aromatic N) is 3. The molecule has 9 heteroatoms. The maximum absolute atomic E-state index is 12.3. The third-order valence-electron chi connectivity index (χ3n) is 5.17. The first-order valence-corrected chi connectivity index (χ1v) is 11.3. The summed E-state index contributed by atoms with van der Waals surface area (Å²) in [4.78, 5) is 21.6. The van der Waals surface area contributed by atoms with Gasteiger partial charge in [0, 0.05) is 12.2 Å². The maximum atomic E-state index is 12.3. The Kier molecular flexibility index (Phi) is 8.23. The summed E-state index contributed by atoms with van der Waals surface area (Å²) in [6, 6.07) is 5.25. The van der Waals surface area contributed by atoms with Gasteiger partial charge in [0.2, 0.25) is 5.95 Å². The summed E-state index contributed by atoms with van der Waals surface area (Å²) in [5, 5.41) is 13.3. The van der Waals surface area contributed by atoms with Crippen LogP contribution in [-0.2, 0) is 20.8 Å². The summed E-state index contributed by atoms with van der Waals surface area (Å²) in [5.41, 5.74) is 3.32. The van der Waals surface area contributed by atoms with Gasteiger partial charge in [-0.25, -0.2) is 9.78 Å². The highest BCUT2D eigenvalue weighted by Crippen LogP contribution is 2.25. The molecule has 33 heavy (non-hydrogen) atoms. The number of hydrogen-bond donors (Lipinski definition) is 2. The van der Waals surface area contributed by atoms with Crippen molar-refractivity contribution in [1.29, 1.82) is 0 Å². The molecule has 0 aliphatic carbocycles. The molecule has 0 bridgehead atoms. The molecule has 1 fully saturated rings. The van der Waals surface area contributed by atoms with Gasteiger partial charge < -0.3 is 29.2 Å². The molecule has 0 spiro atoms. The number of carbonyl (C=O) groups is 1. The van der Waals surface area contributed by atoms with Gasteiger partial charge >= 0.3 is 5.97 Å². The highest BCUT2D eigenvalue weighted by Gasteiger charge is 2.32. The second-order valence-corrected chi connectivity index (χ2v) is 8.37. The van der Waals surface area contributed by atoms with E-state index in [0.717, 1.165) is 17.6 Å². The van der Waals surface area contributed by atoms with Gasteiger partial charge in [-0.15, -0.1) is 0 Å². The van der Waals surface area contributed by atoms with Crippen molar-refractivity contribution < 1.29 is 24.1 Å². The number of aromatic nitrogens is 2. The zero-order valence-electron chi connectivity index (χ0n) is 20.1. The summed E-state index contributed by atoms with van der Waals surface area (Å²) in [6.07, 6.45) is 2.74. The van der Waals surface area contributed by atoms with Crippen molar-refractivity contribution in [2.75, 3.05) is 31.7 Å². The van der Waals surface area contributed by atoms with Crippen molar-refractivity contribution in [1.82, 2.24) is 9.55 Å². The molecule has 1 saturated heterocycles. The number of esters is 1. The number of benzene rings is 1. The van der Waals surface area contributed by atoms with Crippen molar-refractivity contribution in [3.05, 3.63) is 35.5 Å². The number of hydrogen-bond acceptors (Lipinski definition) is 8. The number of rotatable bonds is 10. The molecule has 9 nitrogen and oxygen atoms in total. The first-order valence-electron chi connectivity index (χ1n) is 11.3. The van der Waals surface area contributed by atoms with Crippen molar-refractivity contribution in [3.8, 4) is 0 Å². The van der Waals surface area contributed by atoms with Crippen LogP contribution in [0.1, 0.15) is 51.4 Å². The molecule has 1 unspecified atom stereocenters. The molecule has 1 atom stereocenters. The first kappa shape index (κ1) is 24.9. The molecular weight excluding hydrogens is 424 g/mol. The number of aliphatic hydroxyl groups excluding tert-OH is 1. The van der Waals surface area contributed by atoms with E-state index in [1.807, 2.05) is 38.3 Å². The quantitative estimate of drug-likeness (QED) is 0.414. The minimum Gasteiger partial charge on any atom is -0.462 e. The summed E-state index contributed by atoms with van der Waals surface area (Å²) in [6.45, 7) is 10.9. The molecule has 2 aromatic rings. The highest BCUT2D eigenvalue weighted by atomic mass is 16.7. The van der Waals surface area contributed by atoms with Gasteiger partial charge in [-0.05, 0) is 52.3 Å². The van der Waals surface area contributed by atoms with Gasteiger partial charge in [-0.2, -0.15) is 0 Å². The van der Waals surface area contributed by atoms with Crippen LogP contribution in [-0.4, -0.2) is 64.6 Å². The van der Waals surface area contributed by atoms with Crippen LogP contribution in [0.3, 0.4) is 0 Å². The van der Waals surface area contributed by atoms with Crippen LogP contribution in [0.4, 0.5) is 5.95 Å². The van der Waals surface area contributed by atoms with E-state index in [0.29, 0.717) is 49.0 Å². The maximum Gasteiger partial charge on any atom is 0.338 e. The monoisotopic (exact) mass is 458 g/mol. The number of ether oxygens (including phenoxy) is 3. The van der Waals surface area contributed by atoms with Crippen LogP contribution in [0.15, 0.2) is 35.0 Å². The standard InChI is InChI=1S/C24H34N4O5/c1-6-8-16(3)26-18(14-29)13-28-21-11-17(22(30)31-7-2)9-10-20(21)27-23(28)25-12-19-15-32-24(4,5)33-19/h8-11,19,29H,6-7,12-15H2,1-5H3,(H,25,27)/b16-8-,26-18?. The van der Waals surface area contributed by atoms with Gasteiger partial charge in [-0.3, -0.25) is 4.99 Å². The Bertz CT molecular complexity index is 1040. The minimum absolute atomic E-state index is 0.121. The van der Waals surface area contributed by atoms with Crippen LogP contribution in [0.2, 0.25) is 0 Å². The molecule has 1 aliphatic heterocycles. The third kappa shape index (κ3) is 6.40. The fourth-order valence-corrected chi connectivity index (χ4v) is 3.72. The van der Waals surface area contributed by atoms with E-state index in [-0.39, 0.29) is 12.7 Å². The minimum atomic E-state index is -0.610. The zero-order chi connectivity index (χ0) is 24.0. The number of fused-ring (bicyclic) bond motifs is 1. The fourth-order valence-electron chi connectivity index (χ4n) is 3.72. The number of aliphatic imine (C=N–C) groups is 1. The number of allylic oxidation sites excluding steroid dienone is 2. The first-order chi connectivity index (χ1) is 15.8. The SMILES string of the molecule is CC/C=C(/C)N=C(CO)Cn1c(NCC2COC(C)(C)O2)nc2ccc(C(=O)OCC)cc21. The van der Waals surface area contributed by atoms with Crippen LogP contribution in [0.25, 0.3) is 11.0 Å². The van der Waals surface area contributed by atoms with Crippen molar-refractivity contribution in [3.63, 3.8) is 0 Å². The zero-order valence-corrected chi connectivity index (χ0v) is 20.1. The van der Waals surface area contributed by atoms with E-state index < -0.39 is 11.8 Å². The third-order valence-corrected chi connectivity index (χ3v) is 5.17. The molecule has 2 N–H and O–H groups in total. The Morgan fingerprint density at radius 2 is 2.21 bits per heavy atom. The highest BCUT2D eigenvalue weighted by molar-refractivity contribution is 5.95. The summed E-state index contributed by atoms with van der Waals surface area (Å²) in [5.74, 6) is -0.406. The summed E-state index contributed by atoms with van der Waals surface area (Å²) in [7, 11) is 0. The number of aliphatic hydroxyl groups is 1. The van der Waals surface area contributed by atoms with Crippen LogP contribution >= 0.6 is 0 Å². The van der Waals surface area contributed by atoms with Crippen LogP contribution < -0.4 is 5.32 Å². The average molecular weight is 459 g/mol. The molecule has 0 radical (unpaired) electrons. The molecule has 1 aromatic carbocycles. The second-order valence-electron chi connectivity index (χ2n) is 8.37. The van der Waals surface area contributed by atoms with E-state index in [4.69, 9.17) is 19.2 Å². The summed E-state index contributed by atoms with van der Waals surface area (Å²) >= 11 is 0. The molecule has 1 aromatic heterocycles. The molecule has 180 valence electrons. The van der Waals surface area contributed by atoms with Crippen molar-refractivity contribution >= 4 is 28.7 Å². The number of nitrogens with one attached hydrogen (secondary N) is 1. The van der Waals surface area contributed by atoms with E-state index in [2.05, 4.69) is 10.3 Å². The topological polar surface area (TPSA) is 107 Å². The van der Waals surface area contributed by atoms with E-state index in [1.54, 1.807) is 25.1 Å². The lowest BCUT2D eigenvalue weighted by atomic mass is 10.2. The van der Waals surface area contributed by atoms with E-state index >= 15 is 0 Å². The Morgan fingerprint density at radius 3 is 2.85 bits per heavy atom. The Morgan fingerprint density at radius 1 is 1.42 bits per heavy atom. The van der Waals surface area contributed by atoms with Crippen molar-refractivity contribution in [2.45, 2.75) is 59.5 Å². The lowest BCUT2D eigenvalue weighted by Crippen LogP contribution is -2.27. The largest absolute Gasteiger partial charge is 0.462 e. The van der Waals surface area contributed by atoms with Crippen molar-refractivity contribution in [2.24, 2.45) is 4.99 Å².